The van der Waals surface area contributed by atoms with E-state index in [0.717, 1.165) is 32.4 Å². The average Bonchev–Trinajstić information content (AvgIpc) is 2.37. The summed E-state index contributed by atoms with van der Waals surface area (Å²) in [5.74, 6) is -2.49. The second-order valence-corrected chi connectivity index (χ2v) is 4.86. The molecular weight excluding hydrogens is 271 g/mol. The molecule has 0 aromatic heterocycles. The third kappa shape index (κ3) is 4.07. The number of esters is 1. The first-order valence-electron chi connectivity index (χ1n) is 4.57. The smallest absolute Gasteiger partial charge is 0.545 e. The molecule has 19 heavy (non-hydrogen) atoms. The molecule has 0 spiro atoms. The maximum Gasteiger partial charge on any atom is 1.00 e. The molecule has 0 aliphatic heterocycles. The van der Waals surface area contributed by atoms with Crippen LogP contribution in [0.5, 0.6) is 0 Å². The van der Waals surface area contributed by atoms with Crippen molar-refractivity contribution in [2.24, 2.45) is 0 Å². The van der Waals surface area contributed by atoms with Crippen molar-refractivity contribution in [2.75, 3.05) is 14.2 Å². The third-order valence-electron chi connectivity index (χ3n) is 2.07. The van der Waals surface area contributed by atoms with Crippen molar-refractivity contribution in [2.45, 2.75) is 4.90 Å². The molecule has 0 amide bonds. The van der Waals surface area contributed by atoms with Crippen LogP contribution in [0, 0.1) is 0 Å². The van der Waals surface area contributed by atoms with Gasteiger partial charge in [0, 0.05) is 0 Å². The van der Waals surface area contributed by atoms with Gasteiger partial charge in [-0.1, -0.05) is 0 Å². The number of hydrogen-bond acceptors (Lipinski definition) is 7. The molecular formula is C10H9LiO7S. The van der Waals surface area contributed by atoms with E-state index in [1.54, 1.807) is 0 Å². The molecule has 0 saturated carbocycles. The van der Waals surface area contributed by atoms with Gasteiger partial charge in [-0.25, -0.2) is 4.79 Å². The number of carbonyl (C=O) groups excluding carboxylic acids is 2. The normalized spacial score (nSPS) is 10.4. The van der Waals surface area contributed by atoms with Crippen LogP contribution in [-0.4, -0.2) is 34.6 Å². The summed E-state index contributed by atoms with van der Waals surface area (Å²) in [5.41, 5.74) is -0.691. The van der Waals surface area contributed by atoms with E-state index in [1.165, 1.54) is 0 Å². The molecule has 0 aliphatic carbocycles. The van der Waals surface area contributed by atoms with Crippen molar-refractivity contribution in [1.82, 2.24) is 0 Å². The monoisotopic (exact) mass is 280 g/mol. The number of carbonyl (C=O) groups is 2. The van der Waals surface area contributed by atoms with E-state index in [9.17, 15) is 23.1 Å². The average molecular weight is 280 g/mol. The van der Waals surface area contributed by atoms with Gasteiger partial charge in [-0.3, -0.25) is 4.18 Å². The van der Waals surface area contributed by atoms with Crippen molar-refractivity contribution in [1.29, 1.82) is 0 Å². The van der Waals surface area contributed by atoms with Crippen LogP contribution >= 0.6 is 0 Å². The standard InChI is InChI=1S/C10H10O7S.Li/c1-16-10(13)7-3-6(9(11)12)4-8(5-7)18(14,15)17-2;/h3-5H,1-2H3,(H,11,12);/q;+1/p-1. The Morgan fingerprint density at radius 3 is 2.05 bits per heavy atom. The number of ether oxygens (including phenoxy) is 1. The molecule has 9 heteroatoms. The molecule has 0 N–H and O–H groups in total. The molecule has 98 valence electrons. The molecule has 0 radical (unpaired) electrons. The summed E-state index contributed by atoms with van der Waals surface area (Å²) in [6, 6.07) is 2.74. The van der Waals surface area contributed by atoms with Crippen molar-refractivity contribution in [3.05, 3.63) is 29.3 Å². The zero-order valence-electron chi connectivity index (χ0n) is 10.5. The summed E-state index contributed by atoms with van der Waals surface area (Å²) in [5, 5.41) is 10.7. The van der Waals surface area contributed by atoms with E-state index in [1.807, 2.05) is 0 Å². The van der Waals surface area contributed by atoms with Crippen LogP contribution < -0.4 is 24.0 Å². The molecule has 1 aromatic rings. The summed E-state index contributed by atoms with van der Waals surface area (Å²) < 4.78 is 31.5. The molecule has 0 saturated heterocycles. The quantitative estimate of drug-likeness (QED) is 0.316. The number of hydrogen-bond donors (Lipinski definition) is 0. The molecule has 0 unspecified atom stereocenters. The molecule has 0 aliphatic rings. The Balaban J connectivity index is 0.00000324. The Labute approximate surface area is 121 Å². The van der Waals surface area contributed by atoms with Crippen LogP contribution in [0.2, 0.25) is 0 Å². The van der Waals surface area contributed by atoms with E-state index in [2.05, 4.69) is 8.92 Å². The fraction of sp³-hybridized carbons (Fsp3) is 0.200. The maximum absolute atomic E-state index is 11.5. The van der Waals surface area contributed by atoms with Crippen molar-refractivity contribution in [3.8, 4) is 0 Å². The van der Waals surface area contributed by atoms with Crippen molar-refractivity contribution >= 4 is 22.1 Å². The molecule has 1 aromatic carbocycles. The zero-order valence-corrected chi connectivity index (χ0v) is 11.3. The fourth-order valence-electron chi connectivity index (χ4n) is 1.19. The van der Waals surface area contributed by atoms with Gasteiger partial charge in [0.2, 0.25) is 0 Å². The minimum atomic E-state index is -4.12. The summed E-state index contributed by atoms with van der Waals surface area (Å²) in [4.78, 5) is 21.6. The maximum atomic E-state index is 11.5. The Morgan fingerprint density at radius 2 is 1.63 bits per heavy atom. The van der Waals surface area contributed by atoms with Crippen LogP contribution in [0.1, 0.15) is 20.7 Å². The summed E-state index contributed by atoms with van der Waals surface area (Å²) in [6.45, 7) is 0. The predicted molar refractivity (Wildman–Crippen MR) is 56.3 cm³/mol. The van der Waals surface area contributed by atoms with Crippen LogP contribution in [0.25, 0.3) is 0 Å². The van der Waals surface area contributed by atoms with E-state index in [4.69, 9.17) is 0 Å². The zero-order chi connectivity index (χ0) is 13.9. The van der Waals surface area contributed by atoms with Gasteiger partial charge in [-0.2, -0.15) is 8.42 Å². The number of rotatable bonds is 4. The van der Waals surface area contributed by atoms with Crippen LogP contribution in [-0.2, 0) is 19.0 Å². The first-order valence-corrected chi connectivity index (χ1v) is 5.98. The third-order valence-corrected chi connectivity index (χ3v) is 3.32. The number of carboxylic acid groups (broad SMARTS) is 1. The number of carboxylic acids is 1. The molecule has 0 bridgehead atoms. The van der Waals surface area contributed by atoms with Gasteiger partial charge in [0.05, 0.1) is 30.6 Å². The fourth-order valence-corrected chi connectivity index (χ4v) is 1.93. The predicted octanol–water partition coefficient (Wildman–Crippen LogP) is -3.82. The molecule has 7 nitrogen and oxygen atoms in total. The first-order chi connectivity index (χ1) is 8.31. The van der Waals surface area contributed by atoms with E-state index in [0.29, 0.717) is 0 Å². The van der Waals surface area contributed by atoms with Gasteiger partial charge in [0.15, 0.2) is 0 Å². The first kappa shape index (κ1) is 17.7. The van der Waals surface area contributed by atoms with Crippen LogP contribution in [0.15, 0.2) is 23.1 Å². The Kier molecular flexibility index (Phi) is 6.25. The van der Waals surface area contributed by atoms with E-state index in [-0.39, 0.29) is 24.4 Å². The van der Waals surface area contributed by atoms with Crippen LogP contribution in [0.3, 0.4) is 0 Å². The van der Waals surface area contributed by atoms with Gasteiger partial charge >= 0.3 is 24.8 Å². The Bertz CT molecular complexity index is 594. The number of methoxy groups -OCH3 is 1. The molecule has 1 rings (SSSR count). The van der Waals surface area contributed by atoms with E-state index < -0.39 is 32.5 Å². The molecule has 0 fully saturated rings. The minimum absolute atomic E-state index is 0. The van der Waals surface area contributed by atoms with Crippen LogP contribution in [0.4, 0.5) is 0 Å². The molecule has 0 atom stereocenters. The topological polar surface area (TPSA) is 110 Å². The van der Waals surface area contributed by atoms with Crippen molar-refractivity contribution in [3.63, 3.8) is 0 Å². The second-order valence-electron chi connectivity index (χ2n) is 3.15. The van der Waals surface area contributed by atoms with Crippen molar-refractivity contribution < 1.29 is 50.9 Å². The Hall–Kier alpha value is -1.33. The van der Waals surface area contributed by atoms with Gasteiger partial charge in [-0.05, 0) is 23.8 Å². The van der Waals surface area contributed by atoms with Gasteiger partial charge in [0.1, 0.15) is 0 Å². The van der Waals surface area contributed by atoms with E-state index >= 15 is 0 Å². The van der Waals surface area contributed by atoms with Gasteiger partial charge < -0.3 is 14.6 Å². The second kappa shape index (κ2) is 6.72. The van der Waals surface area contributed by atoms with Gasteiger partial charge in [-0.15, -0.1) is 0 Å². The summed E-state index contributed by atoms with van der Waals surface area (Å²) >= 11 is 0. The molecule has 0 heterocycles. The Morgan fingerprint density at radius 1 is 1.11 bits per heavy atom. The number of aromatic carboxylic acids is 1. The summed E-state index contributed by atoms with van der Waals surface area (Å²) in [6.07, 6.45) is 0. The summed E-state index contributed by atoms with van der Waals surface area (Å²) in [7, 11) is -2.12. The largest absolute Gasteiger partial charge is 1.00 e. The minimum Gasteiger partial charge on any atom is -0.545 e. The SMILES string of the molecule is COC(=O)c1cc(C(=O)[O-])cc(S(=O)(=O)OC)c1.[Li+]. The van der Waals surface area contributed by atoms with Gasteiger partial charge in [0.25, 0.3) is 10.1 Å². The number of benzene rings is 1.